The van der Waals surface area contributed by atoms with Gasteiger partial charge in [0.15, 0.2) is 4.34 Å². The van der Waals surface area contributed by atoms with Gasteiger partial charge >= 0.3 is 6.09 Å². The summed E-state index contributed by atoms with van der Waals surface area (Å²) in [4.78, 5) is 13.7. The van der Waals surface area contributed by atoms with Crippen LogP contribution >= 0.6 is 23.1 Å². The highest BCUT2D eigenvalue weighted by molar-refractivity contribution is 8.01. The first kappa shape index (κ1) is 19.0. The number of thioether (sulfide) groups is 1. The summed E-state index contributed by atoms with van der Waals surface area (Å²) in [5.41, 5.74) is 0. The second kappa shape index (κ2) is 11.3. The molecule has 0 saturated carbocycles. The van der Waals surface area contributed by atoms with Crippen LogP contribution in [0.1, 0.15) is 39.0 Å². The smallest absolute Gasteiger partial charge is 0.413 e. The maximum atomic E-state index is 11.3. The summed E-state index contributed by atoms with van der Waals surface area (Å²) in [6, 6.07) is 0. The van der Waals surface area contributed by atoms with E-state index in [2.05, 4.69) is 32.3 Å². The molecule has 1 aromatic heterocycles. The van der Waals surface area contributed by atoms with Gasteiger partial charge in [0.1, 0.15) is 0 Å². The van der Waals surface area contributed by atoms with Gasteiger partial charge in [0, 0.05) is 0 Å². The Morgan fingerprint density at radius 2 is 2.00 bits per heavy atom. The van der Waals surface area contributed by atoms with Gasteiger partial charge in [-0.3, -0.25) is 10.2 Å². The standard InChI is InChI=1S/C16H24N4O2S2/c1-2-22-15(21)17-14-18-19-16(24-14)23-13-9-8-12-20-10-6-4-3-5-7-11-20/h2-7,10-13H2,1H3,(H,17,18,21). The lowest BCUT2D eigenvalue weighted by Gasteiger charge is -2.21. The fourth-order valence-electron chi connectivity index (χ4n) is 2.36. The number of ether oxygens (including phenoxy) is 1. The van der Waals surface area contributed by atoms with Crippen LogP contribution in [-0.2, 0) is 4.74 Å². The second-order valence-corrected chi connectivity index (χ2v) is 7.60. The highest BCUT2D eigenvalue weighted by Crippen LogP contribution is 2.25. The van der Waals surface area contributed by atoms with Gasteiger partial charge in [-0.15, -0.1) is 10.2 Å². The minimum Gasteiger partial charge on any atom is -0.450 e. The van der Waals surface area contributed by atoms with Gasteiger partial charge in [0.25, 0.3) is 0 Å². The maximum Gasteiger partial charge on any atom is 0.413 e. The van der Waals surface area contributed by atoms with Crippen molar-refractivity contribution in [3.05, 3.63) is 0 Å². The number of nitrogens with zero attached hydrogens (tertiary/aromatic N) is 3. The van der Waals surface area contributed by atoms with E-state index in [4.69, 9.17) is 4.74 Å². The molecule has 6 nitrogen and oxygen atoms in total. The SMILES string of the molecule is CCOC(=O)Nc1nnc(SCC#CCN2CCCCCCC2)s1. The number of carbonyl (C=O) groups excluding carboxylic acids is 1. The summed E-state index contributed by atoms with van der Waals surface area (Å²) >= 11 is 2.87. The minimum atomic E-state index is -0.502. The first-order valence-corrected chi connectivity index (χ1v) is 10.2. The van der Waals surface area contributed by atoms with Crippen molar-refractivity contribution in [1.29, 1.82) is 0 Å². The zero-order valence-corrected chi connectivity index (χ0v) is 15.7. The van der Waals surface area contributed by atoms with Gasteiger partial charge in [0.05, 0.1) is 18.9 Å². The summed E-state index contributed by atoms with van der Waals surface area (Å²) in [5, 5.41) is 10.9. The minimum absolute atomic E-state index is 0.332. The highest BCUT2D eigenvalue weighted by Gasteiger charge is 2.08. The highest BCUT2D eigenvalue weighted by atomic mass is 32.2. The number of hydrogen-bond donors (Lipinski definition) is 1. The number of likely N-dealkylation sites (tertiary alicyclic amines) is 1. The topological polar surface area (TPSA) is 67.3 Å². The Bertz CT molecular complexity index is 560. The molecule has 8 heteroatoms. The number of hydrogen-bond acceptors (Lipinski definition) is 7. The molecule has 0 spiro atoms. The Morgan fingerprint density at radius 1 is 1.25 bits per heavy atom. The average Bonchev–Trinajstić information content (AvgIpc) is 2.96. The molecule has 0 aliphatic carbocycles. The molecule has 1 aliphatic heterocycles. The molecule has 24 heavy (non-hydrogen) atoms. The summed E-state index contributed by atoms with van der Waals surface area (Å²) in [6.45, 7) is 5.28. The number of aromatic nitrogens is 2. The van der Waals surface area contributed by atoms with Crippen molar-refractivity contribution in [2.45, 2.75) is 43.4 Å². The Balaban J connectivity index is 1.67. The number of carbonyl (C=O) groups is 1. The third-order valence-electron chi connectivity index (χ3n) is 3.54. The average molecular weight is 369 g/mol. The Kier molecular flexibility index (Phi) is 8.95. The lowest BCUT2D eigenvalue weighted by molar-refractivity contribution is 0.168. The van der Waals surface area contributed by atoms with Crippen LogP contribution in [0.15, 0.2) is 4.34 Å². The first-order chi connectivity index (χ1) is 11.8. The van der Waals surface area contributed by atoms with E-state index in [9.17, 15) is 4.79 Å². The predicted octanol–water partition coefficient (Wildman–Crippen LogP) is 3.47. The molecule has 1 N–H and O–H groups in total. The summed E-state index contributed by atoms with van der Waals surface area (Å²) in [6.07, 6.45) is 6.15. The van der Waals surface area contributed by atoms with Gasteiger partial charge in [-0.25, -0.2) is 4.79 Å². The van der Waals surface area contributed by atoms with Gasteiger partial charge in [-0.2, -0.15) is 0 Å². The number of nitrogens with one attached hydrogen (secondary N) is 1. The Labute approximate surface area is 151 Å². The van der Waals surface area contributed by atoms with Crippen molar-refractivity contribution in [1.82, 2.24) is 15.1 Å². The molecule has 0 unspecified atom stereocenters. The fraction of sp³-hybridized carbons (Fsp3) is 0.688. The predicted molar refractivity (Wildman–Crippen MR) is 98.6 cm³/mol. The van der Waals surface area contributed by atoms with Crippen LogP contribution in [0.5, 0.6) is 0 Å². The van der Waals surface area contributed by atoms with Crippen LogP contribution < -0.4 is 5.32 Å². The van der Waals surface area contributed by atoms with Crippen LogP contribution in [0.2, 0.25) is 0 Å². The summed E-state index contributed by atoms with van der Waals surface area (Å²) in [7, 11) is 0. The second-order valence-electron chi connectivity index (χ2n) is 5.40. The van der Waals surface area contributed by atoms with Crippen molar-refractivity contribution in [2.24, 2.45) is 0 Å². The van der Waals surface area contributed by atoms with E-state index >= 15 is 0 Å². The molecule has 1 aromatic rings. The Morgan fingerprint density at radius 3 is 2.75 bits per heavy atom. The van der Waals surface area contributed by atoms with Crippen molar-refractivity contribution in [3.8, 4) is 11.8 Å². The number of anilines is 1. The van der Waals surface area contributed by atoms with Crippen LogP contribution in [0.25, 0.3) is 0 Å². The number of amides is 1. The Hall–Kier alpha value is -1.30. The molecule has 0 atom stereocenters. The third-order valence-corrected chi connectivity index (χ3v) is 5.39. The lowest BCUT2D eigenvalue weighted by atomic mass is 10.1. The molecule has 1 amide bonds. The summed E-state index contributed by atoms with van der Waals surface area (Å²) < 4.78 is 5.59. The normalized spacial score (nSPS) is 15.7. The van der Waals surface area contributed by atoms with E-state index in [1.807, 2.05) is 0 Å². The fourth-order valence-corrected chi connectivity index (χ4v) is 3.87. The molecule has 1 aliphatic rings. The first-order valence-electron chi connectivity index (χ1n) is 8.36. The molecule has 1 fully saturated rings. The van der Waals surface area contributed by atoms with E-state index < -0.39 is 6.09 Å². The molecule has 0 aromatic carbocycles. The van der Waals surface area contributed by atoms with Gasteiger partial charge in [0.2, 0.25) is 5.13 Å². The van der Waals surface area contributed by atoms with Gasteiger partial charge in [-0.05, 0) is 32.9 Å². The van der Waals surface area contributed by atoms with E-state index in [1.54, 1.807) is 6.92 Å². The zero-order valence-electron chi connectivity index (χ0n) is 14.0. The molecular formula is C16H24N4O2S2. The number of rotatable bonds is 5. The molecule has 2 rings (SSSR count). The van der Waals surface area contributed by atoms with E-state index in [-0.39, 0.29) is 0 Å². The molecule has 0 bridgehead atoms. The third kappa shape index (κ3) is 7.51. The van der Waals surface area contributed by atoms with Gasteiger partial charge in [-0.1, -0.05) is 54.2 Å². The maximum absolute atomic E-state index is 11.3. The van der Waals surface area contributed by atoms with E-state index in [0.29, 0.717) is 17.5 Å². The molecule has 0 radical (unpaired) electrons. The quantitative estimate of drug-likeness (QED) is 0.488. The van der Waals surface area contributed by atoms with Crippen molar-refractivity contribution in [3.63, 3.8) is 0 Å². The largest absolute Gasteiger partial charge is 0.450 e. The molecule has 132 valence electrons. The van der Waals surface area contributed by atoms with Crippen molar-refractivity contribution < 1.29 is 9.53 Å². The zero-order chi connectivity index (χ0) is 17.0. The molecule has 2 heterocycles. The van der Waals surface area contributed by atoms with Crippen LogP contribution in [0.4, 0.5) is 9.93 Å². The lowest BCUT2D eigenvalue weighted by Crippen LogP contribution is -2.27. The van der Waals surface area contributed by atoms with E-state index in [1.165, 1.54) is 68.3 Å². The van der Waals surface area contributed by atoms with Crippen LogP contribution in [0, 0.1) is 11.8 Å². The van der Waals surface area contributed by atoms with Crippen LogP contribution in [0.3, 0.4) is 0 Å². The monoisotopic (exact) mass is 368 g/mol. The molecular weight excluding hydrogens is 344 g/mol. The summed E-state index contributed by atoms with van der Waals surface area (Å²) in [5.74, 6) is 7.12. The van der Waals surface area contributed by atoms with Crippen LogP contribution in [-0.4, -0.2) is 53.2 Å². The van der Waals surface area contributed by atoms with Crippen molar-refractivity contribution in [2.75, 3.05) is 37.3 Å². The van der Waals surface area contributed by atoms with Crippen molar-refractivity contribution >= 4 is 34.3 Å². The van der Waals surface area contributed by atoms with Gasteiger partial charge < -0.3 is 4.74 Å². The molecule has 1 saturated heterocycles. The van der Waals surface area contributed by atoms with E-state index in [0.717, 1.165) is 10.9 Å².